The Kier molecular flexibility index (Phi) is 6.84. The van der Waals surface area contributed by atoms with Crippen LogP contribution in [0.5, 0.6) is 0 Å². The molecule has 10 heteroatoms. The summed E-state index contributed by atoms with van der Waals surface area (Å²) in [5.41, 5.74) is 1.77. The molecule has 1 fully saturated rings. The Morgan fingerprint density at radius 3 is 2.70 bits per heavy atom. The van der Waals surface area contributed by atoms with E-state index < -0.39 is 5.60 Å². The Morgan fingerprint density at radius 1 is 1.11 bits per heavy atom. The third-order valence-corrected chi connectivity index (χ3v) is 6.73. The largest absolute Gasteiger partial charge is 0.444 e. The predicted octanol–water partition coefficient (Wildman–Crippen LogP) is 5.69. The molecule has 9 nitrogen and oxygen atoms in total. The average Bonchev–Trinajstić information content (AvgIpc) is 3.50. The van der Waals surface area contributed by atoms with Crippen molar-refractivity contribution in [2.75, 3.05) is 36.4 Å². The molecule has 4 aromatic rings. The smallest absolute Gasteiger partial charge is 0.410 e. The van der Waals surface area contributed by atoms with Gasteiger partial charge in [0.05, 0.1) is 0 Å². The van der Waals surface area contributed by atoms with Crippen molar-refractivity contribution in [1.82, 2.24) is 24.8 Å². The van der Waals surface area contributed by atoms with Crippen LogP contribution in [0.1, 0.15) is 37.0 Å². The van der Waals surface area contributed by atoms with Crippen molar-refractivity contribution in [2.24, 2.45) is 0 Å². The van der Waals surface area contributed by atoms with E-state index in [0.29, 0.717) is 37.8 Å². The molecule has 0 saturated carbocycles. The van der Waals surface area contributed by atoms with Gasteiger partial charge in [-0.15, -0.1) is 0 Å². The van der Waals surface area contributed by atoms with Crippen LogP contribution in [0.3, 0.4) is 0 Å². The number of hydrogen-bond donors (Lipinski definition) is 2. The average molecular weight is 518 g/mol. The number of piperazine rings is 1. The van der Waals surface area contributed by atoms with Gasteiger partial charge in [-0.1, -0.05) is 23.5 Å². The summed E-state index contributed by atoms with van der Waals surface area (Å²) in [5, 5.41) is 5.28. The number of thiazole rings is 1. The van der Waals surface area contributed by atoms with Gasteiger partial charge in [0.1, 0.15) is 23.1 Å². The molecular weight excluding hydrogens is 486 g/mol. The van der Waals surface area contributed by atoms with Crippen molar-refractivity contribution in [2.45, 2.75) is 33.3 Å². The maximum Gasteiger partial charge on any atom is 0.410 e. The molecule has 192 valence electrons. The highest BCUT2D eigenvalue weighted by Gasteiger charge is 2.26. The number of hydrogen-bond acceptors (Lipinski definition) is 8. The van der Waals surface area contributed by atoms with E-state index in [4.69, 9.17) is 4.74 Å². The number of carbonyl (C=O) groups excluding carboxylic acids is 1. The van der Waals surface area contributed by atoms with Crippen molar-refractivity contribution in [3.8, 4) is 0 Å². The number of amides is 1. The Bertz CT molecular complexity index is 1430. The van der Waals surface area contributed by atoms with Gasteiger partial charge in [0.15, 0.2) is 5.13 Å². The summed E-state index contributed by atoms with van der Waals surface area (Å²) in [4.78, 5) is 34.2. The molecule has 2 N–H and O–H groups in total. The number of nitrogens with one attached hydrogen (secondary N) is 2. The highest BCUT2D eigenvalue weighted by molar-refractivity contribution is 7.16. The topological polar surface area (TPSA) is 99.3 Å². The highest BCUT2D eigenvalue weighted by Crippen LogP contribution is 2.26. The number of carbonyl (C=O) groups is 1. The quantitative estimate of drug-likeness (QED) is 0.351. The van der Waals surface area contributed by atoms with Crippen molar-refractivity contribution in [1.29, 1.82) is 0 Å². The van der Waals surface area contributed by atoms with Gasteiger partial charge in [0.2, 0.25) is 0 Å². The van der Waals surface area contributed by atoms with E-state index in [1.54, 1.807) is 16.2 Å². The third-order valence-electron chi connectivity index (χ3n) is 5.86. The molecule has 0 unspecified atom stereocenters. The molecule has 4 heterocycles. The van der Waals surface area contributed by atoms with E-state index in [0.717, 1.165) is 26.9 Å². The molecule has 5 rings (SSSR count). The summed E-state index contributed by atoms with van der Waals surface area (Å²) in [6.07, 6.45) is 7.68. The number of aromatic amines is 1. The fourth-order valence-electron chi connectivity index (χ4n) is 4.11. The van der Waals surface area contributed by atoms with Gasteiger partial charge in [-0.05, 0) is 62.9 Å². The predicted molar refractivity (Wildman–Crippen MR) is 149 cm³/mol. The second-order valence-electron chi connectivity index (χ2n) is 9.96. The van der Waals surface area contributed by atoms with Crippen LogP contribution in [-0.2, 0) is 4.74 Å². The van der Waals surface area contributed by atoms with Crippen molar-refractivity contribution in [3.05, 3.63) is 59.0 Å². The molecule has 0 atom stereocenters. The Labute approximate surface area is 220 Å². The molecule has 0 spiro atoms. The molecule has 3 aromatic heterocycles. The number of fused-ring (bicyclic) bond motifs is 1. The van der Waals surface area contributed by atoms with Gasteiger partial charge in [-0.2, -0.15) is 0 Å². The zero-order valence-electron chi connectivity index (χ0n) is 21.5. The molecule has 37 heavy (non-hydrogen) atoms. The lowest BCUT2D eigenvalue weighted by molar-refractivity contribution is 0.0240. The highest BCUT2D eigenvalue weighted by atomic mass is 32.1. The van der Waals surface area contributed by atoms with Gasteiger partial charge >= 0.3 is 6.09 Å². The van der Waals surface area contributed by atoms with E-state index in [1.165, 1.54) is 5.39 Å². The van der Waals surface area contributed by atoms with Crippen molar-refractivity contribution < 1.29 is 9.53 Å². The second kappa shape index (κ2) is 10.2. The number of anilines is 3. The number of ether oxygens (including phenoxy) is 1. The Balaban J connectivity index is 1.21. The summed E-state index contributed by atoms with van der Waals surface area (Å²) >= 11 is 1.56. The molecule has 1 aliphatic heterocycles. The standard InChI is InChI=1S/C27H31N7O2S/c1-18-30-23(16-24(31-18)33-11-13-34(14-12-33)26(35)36-27(2,3)4)32-25-29-17-21(37-25)7-5-19-6-8-22-20(15-19)9-10-28-22/h5-10,15-17,28H,11-14H2,1-4H3,(H,29,30,31,32). The van der Waals surface area contributed by atoms with Gasteiger partial charge in [-0.3, -0.25) is 0 Å². The zero-order chi connectivity index (χ0) is 26.0. The number of nitrogens with zero attached hydrogens (tertiary/aromatic N) is 5. The first-order valence-electron chi connectivity index (χ1n) is 12.3. The Morgan fingerprint density at radius 2 is 1.92 bits per heavy atom. The zero-order valence-corrected chi connectivity index (χ0v) is 22.3. The lowest BCUT2D eigenvalue weighted by atomic mass is 10.1. The first kappa shape index (κ1) is 24.8. The number of aromatic nitrogens is 4. The molecule has 1 aliphatic rings. The van der Waals surface area contributed by atoms with E-state index in [-0.39, 0.29) is 6.09 Å². The van der Waals surface area contributed by atoms with Crippen LogP contribution < -0.4 is 10.2 Å². The second-order valence-corrected chi connectivity index (χ2v) is 11.0. The first-order valence-corrected chi connectivity index (χ1v) is 13.1. The molecule has 1 saturated heterocycles. The summed E-state index contributed by atoms with van der Waals surface area (Å²) < 4.78 is 5.50. The summed E-state index contributed by atoms with van der Waals surface area (Å²) in [5.74, 6) is 2.20. The summed E-state index contributed by atoms with van der Waals surface area (Å²) in [7, 11) is 0. The minimum absolute atomic E-state index is 0.271. The van der Waals surface area contributed by atoms with Crippen LogP contribution in [0.25, 0.3) is 23.1 Å². The number of benzene rings is 1. The fraction of sp³-hybridized carbons (Fsp3) is 0.333. The number of aryl methyl sites for hydroxylation is 1. The minimum Gasteiger partial charge on any atom is -0.444 e. The molecule has 1 amide bonds. The van der Waals surface area contributed by atoms with Crippen LogP contribution in [0.2, 0.25) is 0 Å². The first-order chi connectivity index (χ1) is 17.7. The maximum absolute atomic E-state index is 12.4. The normalized spacial score (nSPS) is 14.5. The van der Waals surface area contributed by atoms with Gasteiger partial charge in [0.25, 0.3) is 0 Å². The van der Waals surface area contributed by atoms with Crippen LogP contribution in [0, 0.1) is 6.92 Å². The third kappa shape index (κ3) is 6.26. The van der Waals surface area contributed by atoms with Crippen LogP contribution in [-0.4, -0.2) is 62.7 Å². The van der Waals surface area contributed by atoms with Crippen LogP contribution in [0.4, 0.5) is 21.6 Å². The van der Waals surface area contributed by atoms with Crippen molar-refractivity contribution in [3.63, 3.8) is 0 Å². The van der Waals surface area contributed by atoms with E-state index in [1.807, 2.05) is 46.2 Å². The van der Waals surface area contributed by atoms with Gasteiger partial charge < -0.3 is 24.8 Å². The molecule has 0 radical (unpaired) electrons. The monoisotopic (exact) mass is 517 g/mol. The van der Waals surface area contributed by atoms with Gasteiger partial charge in [-0.25, -0.2) is 19.7 Å². The SMILES string of the molecule is Cc1nc(Nc2ncc(C=Cc3ccc4[nH]ccc4c3)s2)cc(N2CCN(C(=O)OC(C)(C)C)CC2)n1. The maximum atomic E-state index is 12.4. The molecule has 1 aromatic carbocycles. The molecule has 0 aliphatic carbocycles. The van der Waals surface area contributed by atoms with Crippen LogP contribution in [0.15, 0.2) is 42.7 Å². The number of rotatable bonds is 5. The summed E-state index contributed by atoms with van der Waals surface area (Å²) in [6.45, 7) is 10.0. The molecule has 0 bridgehead atoms. The van der Waals surface area contributed by atoms with E-state index in [2.05, 4.69) is 66.6 Å². The van der Waals surface area contributed by atoms with Crippen LogP contribution >= 0.6 is 11.3 Å². The molecular formula is C27H31N7O2S. The van der Waals surface area contributed by atoms with Gasteiger partial charge in [0, 0.05) is 55.0 Å². The fourth-order valence-corrected chi connectivity index (χ4v) is 4.83. The lowest BCUT2D eigenvalue weighted by Gasteiger charge is -2.36. The van der Waals surface area contributed by atoms with E-state index in [9.17, 15) is 4.79 Å². The Hall–Kier alpha value is -3.92. The lowest BCUT2D eigenvalue weighted by Crippen LogP contribution is -2.50. The van der Waals surface area contributed by atoms with E-state index >= 15 is 0 Å². The van der Waals surface area contributed by atoms with Crippen molar-refractivity contribution >= 4 is 57.3 Å². The summed E-state index contributed by atoms with van der Waals surface area (Å²) in [6, 6.07) is 10.3. The minimum atomic E-state index is -0.499. The number of H-pyrrole nitrogens is 1.